The normalized spacial score (nSPS) is 12.0. The van der Waals surface area contributed by atoms with Gasteiger partial charge in [-0.2, -0.15) is 5.10 Å². The summed E-state index contributed by atoms with van der Waals surface area (Å²) in [5, 5.41) is 10.7. The SMILES string of the molecule is O=C(NCCC#Cc1ccc2[nH]ncc2c1)OCC1c2ccccc2-c2ccccc21. The van der Waals surface area contributed by atoms with Gasteiger partial charge in [-0.05, 0) is 40.5 Å². The maximum Gasteiger partial charge on any atom is 0.407 e. The summed E-state index contributed by atoms with van der Waals surface area (Å²) in [7, 11) is 0. The maximum atomic E-state index is 12.2. The molecule has 5 nitrogen and oxygen atoms in total. The number of fused-ring (bicyclic) bond motifs is 4. The highest BCUT2D eigenvalue weighted by Gasteiger charge is 2.28. The molecule has 1 aliphatic carbocycles. The van der Waals surface area contributed by atoms with E-state index in [0.717, 1.165) is 16.5 Å². The molecule has 1 heterocycles. The Kier molecular flexibility index (Phi) is 5.12. The summed E-state index contributed by atoms with van der Waals surface area (Å²) in [5.74, 6) is 6.27. The van der Waals surface area contributed by atoms with Crippen molar-refractivity contribution in [1.29, 1.82) is 0 Å². The van der Waals surface area contributed by atoms with Crippen LogP contribution in [0.5, 0.6) is 0 Å². The molecule has 5 rings (SSSR count). The first-order valence-corrected chi connectivity index (χ1v) is 10.3. The predicted octanol–water partition coefficient (Wildman–Crippen LogP) is 4.84. The van der Waals surface area contributed by atoms with Crippen LogP contribution in [0.4, 0.5) is 4.79 Å². The number of carbonyl (C=O) groups is 1. The van der Waals surface area contributed by atoms with E-state index in [0.29, 0.717) is 19.6 Å². The number of aromatic amines is 1. The van der Waals surface area contributed by atoms with Gasteiger partial charge < -0.3 is 10.1 Å². The van der Waals surface area contributed by atoms with E-state index in [2.05, 4.69) is 51.6 Å². The Morgan fingerprint density at radius 2 is 1.77 bits per heavy atom. The first kappa shape index (κ1) is 19.0. The number of hydrogen-bond donors (Lipinski definition) is 2. The largest absolute Gasteiger partial charge is 0.449 e. The molecule has 5 heteroatoms. The van der Waals surface area contributed by atoms with Crippen LogP contribution < -0.4 is 5.32 Å². The van der Waals surface area contributed by atoms with Crippen molar-refractivity contribution in [3.63, 3.8) is 0 Å². The topological polar surface area (TPSA) is 67.0 Å². The second-order valence-corrected chi connectivity index (χ2v) is 7.48. The Bertz CT molecular complexity index is 1270. The summed E-state index contributed by atoms with van der Waals surface area (Å²) >= 11 is 0. The molecule has 0 radical (unpaired) electrons. The van der Waals surface area contributed by atoms with E-state index in [-0.39, 0.29) is 5.92 Å². The summed E-state index contributed by atoms with van der Waals surface area (Å²) in [5.41, 5.74) is 6.76. The quantitative estimate of drug-likeness (QED) is 0.376. The molecule has 0 unspecified atom stereocenters. The minimum absolute atomic E-state index is 0.0655. The molecular weight excluding hydrogens is 386 g/mol. The standard InChI is InChI=1S/C26H21N3O2/c30-26(27-14-6-5-7-18-12-13-25-19(15-18)16-28-29-25)31-17-24-22-10-3-1-8-20(22)21-9-2-4-11-23(21)24/h1-4,8-13,15-16,24H,6,14,17H2,(H,27,30)(H,28,29). The highest BCUT2D eigenvalue weighted by atomic mass is 16.5. The van der Waals surface area contributed by atoms with Gasteiger partial charge in [-0.1, -0.05) is 60.4 Å². The number of H-pyrrole nitrogens is 1. The molecule has 0 bridgehead atoms. The number of carbonyl (C=O) groups excluding carboxylic acids is 1. The van der Waals surface area contributed by atoms with Crippen LogP contribution in [0.1, 0.15) is 29.0 Å². The molecule has 1 aromatic heterocycles. The van der Waals surface area contributed by atoms with Gasteiger partial charge in [-0.15, -0.1) is 0 Å². The zero-order valence-corrected chi connectivity index (χ0v) is 16.9. The van der Waals surface area contributed by atoms with Gasteiger partial charge >= 0.3 is 6.09 Å². The zero-order valence-electron chi connectivity index (χ0n) is 16.9. The Labute approximate surface area is 180 Å². The van der Waals surface area contributed by atoms with E-state index >= 15 is 0 Å². The Balaban J connectivity index is 1.14. The number of ether oxygens (including phenoxy) is 1. The van der Waals surface area contributed by atoms with Crippen molar-refractivity contribution in [2.45, 2.75) is 12.3 Å². The predicted molar refractivity (Wildman–Crippen MR) is 121 cm³/mol. The molecule has 4 aromatic rings. The van der Waals surface area contributed by atoms with Crippen LogP contribution in [-0.2, 0) is 4.74 Å². The maximum absolute atomic E-state index is 12.2. The molecular formula is C26H21N3O2. The van der Waals surface area contributed by atoms with Crippen molar-refractivity contribution in [2.75, 3.05) is 13.2 Å². The van der Waals surface area contributed by atoms with Gasteiger partial charge in [-0.3, -0.25) is 5.10 Å². The number of alkyl carbamates (subject to hydrolysis) is 1. The van der Waals surface area contributed by atoms with Crippen LogP contribution in [0, 0.1) is 11.8 Å². The lowest BCUT2D eigenvalue weighted by atomic mass is 9.98. The summed E-state index contributed by atoms with van der Waals surface area (Å²) < 4.78 is 5.54. The lowest BCUT2D eigenvalue weighted by Crippen LogP contribution is -2.26. The van der Waals surface area contributed by atoms with Gasteiger partial charge in [0, 0.05) is 29.8 Å². The van der Waals surface area contributed by atoms with E-state index in [9.17, 15) is 4.79 Å². The lowest BCUT2D eigenvalue weighted by molar-refractivity contribution is 0.143. The fourth-order valence-corrected chi connectivity index (χ4v) is 4.06. The fourth-order valence-electron chi connectivity index (χ4n) is 4.06. The first-order valence-electron chi connectivity index (χ1n) is 10.3. The third kappa shape index (κ3) is 3.88. The van der Waals surface area contributed by atoms with E-state index in [4.69, 9.17) is 4.74 Å². The molecule has 1 amide bonds. The van der Waals surface area contributed by atoms with Gasteiger partial charge in [0.05, 0.1) is 11.7 Å². The highest BCUT2D eigenvalue weighted by molar-refractivity contribution is 5.80. The molecule has 0 atom stereocenters. The molecule has 0 saturated heterocycles. The molecule has 3 aromatic carbocycles. The molecule has 0 fully saturated rings. The molecule has 1 aliphatic rings. The van der Waals surface area contributed by atoms with Crippen LogP contribution in [0.15, 0.2) is 72.9 Å². The summed E-state index contributed by atoms with van der Waals surface area (Å²) in [4.78, 5) is 12.2. The van der Waals surface area contributed by atoms with E-state index in [1.165, 1.54) is 22.3 Å². The second-order valence-electron chi connectivity index (χ2n) is 7.48. The Morgan fingerprint density at radius 1 is 1.03 bits per heavy atom. The Hall–Kier alpha value is -4.04. The van der Waals surface area contributed by atoms with Crippen molar-refractivity contribution >= 4 is 17.0 Å². The molecule has 0 saturated carbocycles. The Morgan fingerprint density at radius 3 is 2.55 bits per heavy atom. The number of benzene rings is 3. The third-order valence-corrected chi connectivity index (χ3v) is 5.54. The van der Waals surface area contributed by atoms with Gasteiger partial charge in [0.1, 0.15) is 6.61 Å². The van der Waals surface area contributed by atoms with Crippen LogP contribution in [0.25, 0.3) is 22.0 Å². The zero-order chi connectivity index (χ0) is 21.0. The third-order valence-electron chi connectivity index (χ3n) is 5.54. The lowest BCUT2D eigenvalue weighted by Gasteiger charge is -2.14. The smallest absolute Gasteiger partial charge is 0.407 e. The van der Waals surface area contributed by atoms with Crippen molar-refractivity contribution in [3.05, 3.63) is 89.6 Å². The molecule has 0 spiro atoms. The minimum atomic E-state index is -0.413. The van der Waals surface area contributed by atoms with Crippen LogP contribution in [0.2, 0.25) is 0 Å². The monoisotopic (exact) mass is 407 g/mol. The van der Waals surface area contributed by atoms with Crippen molar-refractivity contribution in [3.8, 4) is 23.0 Å². The molecule has 0 aliphatic heterocycles. The van der Waals surface area contributed by atoms with Crippen LogP contribution in [0.3, 0.4) is 0 Å². The number of nitrogens with zero attached hydrogens (tertiary/aromatic N) is 1. The number of rotatable bonds is 4. The van der Waals surface area contributed by atoms with Gasteiger partial charge in [0.25, 0.3) is 0 Å². The number of aromatic nitrogens is 2. The van der Waals surface area contributed by atoms with Gasteiger partial charge in [-0.25, -0.2) is 4.79 Å². The van der Waals surface area contributed by atoms with E-state index in [1.54, 1.807) is 6.20 Å². The number of nitrogens with one attached hydrogen (secondary N) is 2. The first-order chi connectivity index (χ1) is 15.3. The van der Waals surface area contributed by atoms with Crippen molar-refractivity contribution in [2.24, 2.45) is 0 Å². The van der Waals surface area contributed by atoms with Crippen LogP contribution >= 0.6 is 0 Å². The van der Waals surface area contributed by atoms with Gasteiger partial charge in [0.2, 0.25) is 0 Å². The summed E-state index contributed by atoms with van der Waals surface area (Å²) in [6.45, 7) is 0.758. The minimum Gasteiger partial charge on any atom is -0.449 e. The van der Waals surface area contributed by atoms with Gasteiger partial charge in [0.15, 0.2) is 0 Å². The summed E-state index contributed by atoms with van der Waals surface area (Å²) in [6.07, 6.45) is 1.91. The number of hydrogen-bond acceptors (Lipinski definition) is 3. The number of amides is 1. The molecule has 31 heavy (non-hydrogen) atoms. The van der Waals surface area contributed by atoms with Crippen molar-refractivity contribution < 1.29 is 9.53 Å². The highest BCUT2D eigenvalue weighted by Crippen LogP contribution is 2.44. The van der Waals surface area contributed by atoms with E-state index < -0.39 is 6.09 Å². The summed E-state index contributed by atoms with van der Waals surface area (Å²) in [6, 6.07) is 22.5. The van der Waals surface area contributed by atoms with E-state index in [1.807, 2.05) is 42.5 Å². The van der Waals surface area contributed by atoms with Crippen LogP contribution in [-0.4, -0.2) is 29.4 Å². The molecule has 2 N–H and O–H groups in total. The fraction of sp³-hybridized carbons (Fsp3) is 0.154. The average Bonchev–Trinajstić information content (AvgIpc) is 3.40. The molecule has 152 valence electrons. The average molecular weight is 407 g/mol. The van der Waals surface area contributed by atoms with Crippen molar-refractivity contribution in [1.82, 2.24) is 15.5 Å². The second kappa shape index (κ2) is 8.37.